The van der Waals surface area contributed by atoms with Crippen LogP contribution in [0.5, 0.6) is 23.0 Å². The summed E-state index contributed by atoms with van der Waals surface area (Å²) in [6.07, 6.45) is 2.30. The number of nitrogens with zero attached hydrogens (tertiary/aromatic N) is 3. The summed E-state index contributed by atoms with van der Waals surface area (Å²) in [6.45, 7) is 0.216. The Morgan fingerprint density at radius 1 is 0.631 bits per heavy atom. The van der Waals surface area contributed by atoms with Crippen LogP contribution in [0.25, 0.3) is 11.2 Å². The van der Waals surface area contributed by atoms with Gasteiger partial charge >= 0.3 is 0 Å². The van der Waals surface area contributed by atoms with E-state index in [4.69, 9.17) is 28.7 Å². The van der Waals surface area contributed by atoms with Gasteiger partial charge in [-0.05, 0) is 94.3 Å². The van der Waals surface area contributed by atoms with E-state index in [1.165, 1.54) is 0 Å². The first-order chi connectivity index (χ1) is 31.8. The maximum atomic E-state index is 14.1. The van der Waals surface area contributed by atoms with E-state index >= 15 is 0 Å². The first-order valence-electron chi connectivity index (χ1n) is 21.5. The molecule has 1 aliphatic rings. The molecule has 6 aromatic carbocycles. The summed E-state index contributed by atoms with van der Waals surface area (Å²) in [7, 11) is 6.57. The second kappa shape index (κ2) is 18.4. The van der Waals surface area contributed by atoms with Gasteiger partial charge in [0.05, 0.1) is 41.4 Å². The average Bonchev–Trinajstić information content (AvgIpc) is 3.79. The minimum atomic E-state index is -1.06. The zero-order valence-electron chi connectivity index (χ0n) is 36.7. The maximum Gasteiger partial charge on any atom is 0.280 e. The molecule has 1 saturated carbocycles. The zero-order chi connectivity index (χ0) is 45.0. The van der Waals surface area contributed by atoms with Crippen molar-refractivity contribution in [2.45, 2.75) is 23.6 Å². The molecule has 3 N–H and O–H groups in total. The number of hydrogen-bond donors (Lipinski definition) is 3. The van der Waals surface area contributed by atoms with Crippen LogP contribution in [0.1, 0.15) is 45.8 Å². The number of benzene rings is 6. The molecule has 2 aromatic heterocycles. The van der Waals surface area contributed by atoms with E-state index in [1.54, 1.807) is 34.8 Å². The third-order valence-corrected chi connectivity index (χ3v) is 12.9. The van der Waals surface area contributed by atoms with Crippen LogP contribution in [-0.2, 0) is 15.9 Å². The highest BCUT2D eigenvalue weighted by molar-refractivity contribution is 5.72. The fraction of sp³-hybridized carbons (Fsp3) is 0.226. The number of fused-ring (bicyclic) bond motifs is 1. The van der Waals surface area contributed by atoms with Crippen molar-refractivity contribution in [2.75, 3.05) is 47.0 Å². The number of ether oxygens (including phenoxy) is 5. The molecule has 0 unspecified atom stereocenters. The highest BCUT2D eigenvalue weighted by atomic mass is 16.5. The molecule has 12 nitrogen and oxygen atoms in total. The van der Waals surface area contributed by atoms with E-state index in [1.807, 2.05) is 150 Å². The largest absolute Gasteiger partial charge is 0.497 e. The molecule has 65 heavy (non-hydrogen) atoms. The van der Waals surface area contributed by atoms with Crippen LogP contribution in [-0.4, -0.2) is 66.3 Å². The Hall–Kier alpha value is -7.41. The summed E-state index contributed by atoms with van der Waals surface area (Å²) in [5.41, 5.74) is 3.51. The monoisotopic (exact) mass is 869 g/mol. The van der Waals surface area contributed by atoms with Gasteiger partial charge in [-0.15, -0.1) is 0 Å². The minimum absolute atomic E-state index is 0.0370. The lowest BCUT2D eigenvalue weighted by molar-refractivity contribution is -0.0763. The highest BCUT2D eigenvalue weighted by Gasteiger charge is 2.46. The SMILES string of the molecule is COc1ccc(C(Nc2nc3c(ncn3[C@@H]3C[C@H](CO)[C@@H]3COC(c3ccccc3)(c3ccc(OC)cc3)c3ccc(OC)cc3)c(=O)[nH]2)(c2ccccc2)c2ccc(OC)cc2)cc1. The molecular formula is C53H51N5O7. The molecule has 0 spiro atoms. The normalized spacial score (nSPS) is 16.1. The molecule has 8 aromatic rings. The number of nitrogens with one attached hydrogen (secondary N) is 2. The van der Waals surface area contributed by atoms with Crippen LogP contribution >= 0.6 is 0 Å². The predicted molar refractivity (Wildman–Crippen MR) is 250 cm³/mol. The summed E-state index contributed by atoms with van der Waals surface area (Å²) in [6, 6.07) is 51.5. The Kier molecular flexibility index (Phi) is 12.1. The van der Waals surface area contributed by atoms with Gasteiger partial charge in [0.1, 0.15) is 34.1 Å². The lowest BCUT2D eigenvalue weighted by Crippen LogP contribution is -2.45. The number of aromatic amines is 1. The van der Waals surface area contributed by atoms with E-state index in [2.05, 4.69) is 27.4 Å². The fourth-order valence-corrected chi connectivity index (χ4v) is 9.34. The molecule has 3 atom stereocenters. The van der Waals surface area contributed by atoms with Crippen molar-refractivity contribution in [2.24, 2.45) is 11.8 Å². The topological polar surface area (TPSA) is 142 Å². The number of imidazole rings is 1. The first-order valence-corrected chi connectivity index (χ1v) is 21.5. The van der Waals surface area contributed by atoms with Crippen LogP contribution in [0, 0.1) is 11.8 Å². The van der Waals surface area contributed by atoms with Gasteiger partial charge in [0, 0.05) is 18.6 Å². The van der Waals surface area contributed by atoms with Gasteiger partial charge in [-0.25, -0.2) is 4.98 Å². The maximum absolute atomic E-state index is 14.1. The van der Waals surface area contributed by atoms with Crippen LogP contribution in [0.3, 0.4) is 0 Å². The summed E-state index contributed by atoms with van der Waals surface area (Å²) < 4.78 is 31.5. The Morgan fingerprint density at radius 3 is 1.52 bits per heavy atom. The van der Waals surface area contributed by atoms with Crippen molar-refractivity contribution in [3.8, 4) is 23.0 Å². The second-order valence-electron chi connectivity index (χ2n) is 16.2. The van der Waals surface area contributed by atoms with E-state index in [0.717, 1.165) is 44.9 Å². The molecular weight excluding hydrogens is 819 g/mol. The molecule has 0 radical (unpaired) electrons. The standard InChI is InChI=1S/C53H51N5O7/c1-61-42-23-15-37(16-24-42)52(36-11-7-5-8-12-36,38-17-25-43(62-2)26-18-38)57-51-55-49-48(50(60)56-51)54-34-58(49)47-31-35(32-59)46(47)33-65-53(39-13-9-6-10-14-39,40-19-27-44(63-3)28-20-40)41-21-29-45(64-4)30-22-41/h5-30,34-35,46-47,59H,31-33H2,1-4H3,(H2,55,56,57,60)/t35-,46+,47-/m1/s1. The summed E-state index contributed by atoms with van der Waals surface area (Å²) in [5, 5.41) is 14.5. The van der Waals surface area contributed by atoms with E-state index < -0.39 is 16.7 Å². The molecule has 0 saturated heterocycles. The number of aliphatic hydroxyl groups excluding tert-OH is 1. The number of rotatable bonds is 17. The molecule has 0 amide bonds. The molecule has 9 rings (SSSR count). The summed E-state index contributed by atoms with van der Waals surface area (Å²) in [4.78, 5) is 26.9. The van der Waals surface area contributed by atoms with Gasteiger partial charge in [-0.2, -0.15) is 4.98 Å². The van der Waals surface area contributed by atoms with Gasteiger partial charge in [0.15, 0.2) is 11.2 Å². The van der Waals surface area contributed by atoms with Gasteiger partial charge in [-0.3, -0.25) is 9.78 Å². The Morgan fingerprint density at radius 2 is 1.06 bits per heavy atom. The number of aliphatic hydroxyl groups is 1. The molecule has 0 aliphatic heterocycles. The fourth-order valence-electron chi connectivity index (χ4n) is 9.34. The smallest absolute Gasteiger partial charge is 0.280 e. The third-order valence-electron chi connectivity index (χ3n) is 12.9. The lowest BCUT2D eigenvalue weighted by Gasteiger charge is -2.46. The summed E-state index contributed by atoms with van der Waals surface area (Å²) in [5.74, 6) is 2.83. The highest BCUT2D eigenvalue weighted by Crippen LogP contribution is 2.49. The van der Waals surface area contributed by atoms with Crippen molar-refractivity contribution in [3.05, 3.63) is 208 Å². The van der Waals surface area contributed by atoms with Crippen LogP contribution < -0.4 is 29.8 Å². The van der Waals surface area contributed by atoms with E-state index in [9.17, 15) is 9.90 Å². The molecule has 330 valence electrons. The van der Waals surface area contributed by atoms with Crippen molar-refractivity contribution < 1.29 is 28.8 Å². The molecule has 2 heterocycles. The third kappa shape index (κ3) is 7.85. The lowest BCUT2D eigenvalue weighted by atomic mass is 9.69. The van der Waals surface area contributed by atoms with E-state index in [-0.39, 0.29) is 42.6 Å². The van der Waals surface area contributed by atoms with Gasteiger partial charge in [0.2, 0.25) is 5.95 Å². The predicted octanol–water partition coefficient (Wildman–Crippen LogP) is 8.74. The number of anilines is 1. The van der Waals surface area contributed by atoms with Crippen molar-refractivity contribution in [1.29, 1.82) is 0 Å². The minimum Gasteiger partial charge on any atom is -0.497 e. The molecule has 1 fully saturated rings. The molecule has 0 bridgehead atoms. The quantitative estimate of drug-likeness (QED) is 0.0761. The second-order valence-corrected chi connectivity index (χ2v) is 16.2. The van der Waals surface area contributed by atoms with Crippen LogP contribution in [0.4, 0.5) is 5.95 Å². The number of H-pyrrole nitrogens is 1. The summed E-state index contributed by atoms with van der Waals surface area (Å²) >= 11 is 0. The number of aromatic nitrogens is 4. The zero-order valence-corrected chi connectivity index (χ0v) is 36.7. The van der Waals surface area contributed by atoms with Crippen molar-refractivity contribution >= 4 is 17.1 Å². The number of hydrogen-bond acceptors (Lipinski definition) is 10. The van der Waals surface area contributed by atoms with Crippen LogP contribution in [0.2, 0.25) is 0 Å². The Bertz CT molecular complexity index is 2790. The van der Waals surface area contributed by atoms with Gasteiger partial charge in [-0.1, -0.05) is 109 Å². The average molecular weight is 870 g/mol. The van der Waals surface area contributed by atoms with Gasteiger partial charge < -0.3 is 38.7 Å². The Balaban J connectivity index is 1.13. The van der Waals surface area contributed by atoms with Crippen molar-refractivity contribution in [1.82, 2.24) is 19.5 Å². The number of methoxy groups -OCH3 is 4. The van der Waals surface area contributed by atoms with E-state index in [0.29, 0.717) is 23.6 Å². The Labute approximate surface area is 377 Å². The molecule has 1 aliphatic carbocycles. The van der Waals surface area contributed by atoms with Gasteiger partial charge in [0.25, 0.3) is 5.56 Å². The van der Waals surface area contributed by atoms with Crippen molar-refractivity contribution in [3.63, 3.8) is 0 Å². The first kappa shape index (κ1) is 42.9. The molecule has 12 heteroatoms. The van der Waals surface area contributed by atoms with Crippen LogP contribution in [0.15, 0.2) is 169 Å².